The molecular weight excluding hydrogens is 284 g/mol. The van der Waals surface area contributed by atoms with Crippen molar-refractivity contribution >= 4 is 12.1 Å². The lowest BCUT2D eigenvalue weighted by Crippen LogP contribution is -2.03. The van der Waals surface area contributed by atoms with E-state index in [-0.39, 0.29) is 11.7 Å². The lowest BCUT2D eigenvalue weighted by atomic mass is 9.93. The molecular formula is C21H22O2. The maximum absolute atomic E-state index is 12.2. The SMILES string of the molecule is O=CCCC[C@H](/C=C/C(=O)c1ccccc1)Cc1ccccc1. The van der Waals surface area contributed by atoms with Gasteiger partial charge >= 0.3 is 0 Å². The number of carbonyl (C=O) groups excluding carboxylic acids is 2. The first-order valence-electron chi connectivity index (χ1n) is 8.04. The van der Waals surface area contributed by atoms with Gasteiger partial charge in [-0.05, 0) is 36.8 Å². The molecule has 2 heteroatoms. The van der Waals surface area contributed by atoms with Crippen LogP contribution < -0.4 is 0 Å². The summed E-state index contributed by atoms with van der Waals surface area (Å²) in [6.45, 7) is 0. The minimum absolute atomic E-state index is 0.0269. The van der Waals surface area contributed by atoms with Crippen molar-refractivity contribution in [3.63, 3.8) is 0 Å². The molecule has 0 aliphatic rings. The second kappa shape index (κ2) is 9.52. The van der Waals surface area contributed by atoms with Gasteiger partial charge in [0.2, 0.25) is 0 Å². The highest BCUT2D eigenvalue weighted by Crippen LogP contribution is 2.17. The summed E-state index contributed by atoms with van der Waals surface area (Å²) < 4.78 is 0. The molecule has 0 saturated carbocycles. The van der Waals surface area contributed by atoms with Crippen LogP contribution >= 0.6 is 0 Å². The Morgan fingerprint density at radius 1 is 0.957 bits per heavy atom. The number of hydrogen-bond donors (Lipinski definition) is 0. The highest BCUT2D eigenvalue weighted by Gasteiger charge is 2.08. The quantitative estimate of drug-likeness (QED) is 0.292. The Balaban J connectivity index is 2.02. The number of hydrogen-bond acceptors (Lipinski definition) is 2. The minimum atomic E-state index is 0.0269. The molecule has 0 radical (unpaired) electrons. The Hall–Kier alpha value is -2.48. The number of unbranched alkanes of at least 4 members (excludes halogenated alkanes) is 1. The second-order valence-corrected chi connectivity index (χ2v) is 5.64. The van der Waals surface area contributed by atoms with Crippen molar-refractivity contribution in [2.75, 3.05) is 0 Å². The van der Waals surface area contributed by atoms with Gasteiger partial charge in [0, 0.05) is 12.0 Å². The third-order valence-electron chi connectivity index (χ3n) is 3.82. The van der Waals surface area contributed by atoms with Crippen molar-refractivity contribution in [3.05, 3.63) is 83.9 Å². The molecule has 1 atom stereocenters. The number of aldehydes is 1. The van der Waals surface area contributed by atoms with Gasteiger partial charge in [0.1, 0.15) is 6.29 Å². The Labute approximate surface area is 137 Å². The fourth-order valence-electron chi connectivity index (χ4n) is 2.57. The van der Waals surface area contributed by atoms with E-state index in [9.17, 15) is 9.59 Å². The molecule has 0 aliphatic heterocycles. The van der Waals surface area contributed by atoms with E-state index < -0.39 is 0 Å². The van der Waals surface area contributed by atoms with Crippen molar-refractivity contribution in [2.45, 2.75) is 25.7 Å². The van der Waals surface area contributed by atoms with E-state index in [1.807, 2.05) is 54.6 Å². The number of rotatable bonds is 9. The molecule has 0 heterocycles. The zero-order valence-electron chi connectivity index (χ0n) is 13.2. The topological polar surface area (TPSA) is 34.1 Å². The van der Waals surface area contributed by atoms with Crippen molar-refractivity contribution in [1.82, 2.24) is 0 Å². The number of allylic oxidation sites excluding steroid dienone is 2. The van der Waals surface area contributed by atoms with Crippen LogP contribution in [0.25, 0.3) is 0 Å². The molecule has 0 fully saturated rings. The molecule has 0 spiro atoms. The summed E-state index contributed by atoms with van der Waals surface area (Å²) >= 11 is 0. The molecule has 2 aromatic carbocycles. The summed E-state index contributed by atoms with van der Waals surface area (Å²) in [5.41, 5.74) is 1.95. The van der Waals surface area contributed by atoms with Gasteiger partial charge in [-0.1, -0.05) is 66.7 Å². The van der Waals surface area contributed by atoms with E-state index >= 15 is 0 Å². The van der Waals surface area contributed by atoms with Gasteiger partial charge in [-0.3, -0.25) is 4.79 Å². The molecule has 2 nitrogen and oxygen atoms in total. The van der Waals surface area contributed by atoms with Crippen molar-refractivity contribution in [3.8, 4) is 0 Å². The molecule has 23 heavy (non-hydrogen) atoms. The minimum Gasteiger partial charge on any atom is -0.303 e. The normalized spacial score (nSPS) is 12.2. The van der Waals surface area contributed by atoms with E-state index in [1.165, 1.54) is 5.56 Å². The molecule has 0 saturated heterocycles. The van der Waals surface area contributed by atoms with E-state index in [4.69, 9.17) is 0 Å². The van der Waals surface area contributed by atoms with Gasteiger partial charge in [0.05, 0.1) is 0 Å². The van der Waals surface area contributed by atoms with Gasteiger partial charge in [-0.25, -0.2) is 0 Å². The first-order chi connectivity index (χ1) is 11.3. The van der Waals surface area contributed by atoms with E-state index in [1.54, 1.807) is 6.08 Å². The fourth-order valence-corrected chi connectivity index (χ4v) is 2.57. The monoisotopic (exact) mass is 306 g/mol. The van der Waals surface area contributed by atoms with E-state index in [0.29, 0.717) is 12.0 Å². The summed E-state index contributed by atoms with van der Waals surface area (Å²) in [4.78, 5) is 22.7. The smallest absolute Gasteiger partial charge is 0.185 e. The average molecular weight is 306 g/mol. The molecule has 0 bridgehead atoms. The molecule has 0 N–H and O–H groups in total. The summed E-state index contributed by atoms with van der Waals surface area (Å²) in [6.07, 6.45) is 7.84. The van der Waals surface area contributed by atoms with Crippen LogP contribution in [0, 0.1) is 5.92 Å². The van der Waals surface area contributed by atoms with Gasteiger partial charge in [0.25, 0.3) is 0 Å². The van der Waals surface area contributed by atoms with Crippen LogP contribution in [0.2, 0.25) is 0 Å². The van der Waals surface area contributed by atoms with Gasteiger partial charge in [0.15, 0.2) is 5.78 Å². The lowest BCUT2D eigenvalue weighted by molar-refractivity contribution is -0.107. The summed E-state index contributed by atoms with van der Waals surface area (Å²) in [5, 5.41) is 0. The van der Waals surface area contributed by atoms with Crippen LogP contribution in [0.1, 0.15) is 35.2 Å². The summed E-state index contributed by atoms with van der Waals surface area (Å²) in [6, 6.07) is 19.5. The second-order valence-electron chi connectivity index (χ2n) is 5.64. The van der Waals surface area contributed by atoms with Crippen LogP contribution in [0.15, 0.2) is 72.8 Å². The Kier molecular flexibility index (Phi) is 6.99. The molecule has 2 aromatic rings. The summed E-state index contributed by atoms with van der Waals surface area (Å²) in [7, 11) is 0. The standard InChI is InChI=1S/C21H22O2/c22-16-8-7-11-19(17-18-9-3-1-4-10-18)14-15-21(23)20-12-5-2-6-13-20/h1-6,9-10,12-16,19H,7-8,11,17H2/b15-14+/t19-/m1/s1. The molecule has 0 unspecified atom stereocenters. The summed E-state index contributed by atoms with van der Waals surface area (Å²) in [5.74, 6) is 0.295. The Morgan fingerprint density at radius 3 is 2.26 bits per heavy atom. The lowest BCUT2D eigenvalue weighted by Gasteiger charge is -2.12. The average Bonchev–Trinajstić information content (AvgIpc) is 2.61. The Morgan fingerprint density at radius 2 is 1.61 bits per heavy atom. The van der Waals surface area contributed by atoms with Gasteiger partial charge < -0.3 is 4.79 Å². The van der Waals surface area contributed by atoms with Crippen molar-refractivity contribution < 1.29 is 9.59 Å². The largest absolute Gasteiger partial charge is 0.303 e. The Bertz CT molecular complexity index is 629. The van der Waals surface area contributed by atoms with Gasteiger partial charge in [-0.2, -0.15) is 0 Å². The van der Waals surface area contributed by atoms with Crippen LogP contribution in [-0.2, 0) is 11.2 Å². The third-order valence-corrected chi connectivity index (χ3v) is 3.82. The third kappa shape index (κ3) is 6.03. The maximum atomic E-state index is 12.2. The first-order valence-corrected chi connectivity index (χ1v) is 8.04. The van der Waals surface area contributed by atoms with E-state index in [2.05, 4.69) is 12.1 Å². The number of ketones is 1. The van der Waals surface area contributed by atoms with Crippen LogP contribution in [0.5, 0.6) is 0 Å². The first kappa shape index (κ1) is 16.9. The highest BCUT2D eigenvalue weighted by molar-refractivity contribution is 6.04. The molecule has 0 amide bonds. The van der Waals surface area contributed by atoms with Crippen LogP contribution in [-0.4, -0.2) is 12.1 Å². The highest BCUT2D eigenvalue weighted by atomic mass is 16.1. The molecule has 0 aromatic heterocycles. The maximum Gasteiger partial charge on any atom is 0.185 e. The van der Waals surface area contributed by atoms with Crippen molar-refractivity contribution in [1.29, 1.82) is 0 Å². The van der Waals surface area contributed by atoms with Crippen LogP contribution in [0.3, 0.4) is 0 Å². The predicted molar refractivity (Wildman–Crippen MR) is 93.5 cm³/mol. The number of carbonyl (C=O) groups is 2. The molecule has 118 valence electrons. The van der Waals surface area contributed by atoms with Crippen molar-refractivity contribution in [2.24, 2.45) is 5.92 Å². The van der Waals surface area contributed by atoms with Crippen LogP contribution in [0.4, 0.5) is 0 Å². The van der Waals surface area contributed by atoms with E-state index in [0.717, 1.165) is 25.5 Å². The zero-order valence-corrected chi connectivity index (χ0v) is 13.2. The number of benzene rings is 2. The molecule has 2 rings (SSSR count). The predicted octanol–water partition coefficient (Wildman–Crippen LogP) is 4.65. The fraction of sp³-hybridized carbons (Fsp3) is 0.238. The zero-order chi connectivity index (χ0) is 16.3. The van der Waals surface area contributed by atoms with Gasteiger partial charge in [-0.15, -0.1) is 0 Å². The molecule has 0 aliphatic carbocycles.